The Labute approximate surface area is 105 Å². The van der Waals surface area contributed by atoms with Crippen molar-refractivity contribution in [2.75, 3.05) is 26.4 Å². The van der Waals surface area contributed by atoms with Crippen LogP contribution in [-0.2, 0) is 4.74 Å². The maximum Gasteiger partial charge on any atom is 0.254 e. The normalized spacial score (nSPS) is 19.9. The van der Waals surface area contributed by atoms with Crippen LogP contribution in [0.25, 0.3) is 0 Å². The summed E-state index contributed by atoms with van der Waals surface area (Å²) in [5.74, 6) is -0.661. The van der Waals surface area contributed by atoms with Gasteiger partial charge in [0.15, 0.2) is 0 Å². The molecule has 1 fully saturated rings. The average Bonchev–Trinajstić information content (AvgIpc) is 2.41. The lowest BCUT2D eigenvalue weighted by molar-refractivity contribution is -0.0184. The fourth-order valence-electron chi connectivity index (χ4n) is 1.97. The van der Waals surface area contributed by atoms with Crippen LogP contribution in [0.2, 0.25) is 0 Å². The van der Waals surface area contributed by atoms with Crippen LogP contribution in [0, 0.1) is 12.7 Å². The Bertz CT molecular complexity index is 450. The predicted molar refractivity (Wildman–Crippen MR) is 63.9 cm³/mol. The zero-order chi connectivity index (χ0) is 13.1. The van der Waals surface area contributed by atoms with E-state index < -0.39 is 5.82 Å². The van der Waals surface area contributed by atoms with Crippen LogP contribution >= 0.6 is 0 Å². The minimum Gasteiger partial charge on any atom is -0.394 e. The van der Waals surface area contributed by atoms with Gasteiger partial charge >= 0.3 is 0 Å². The van der Waals surface area contributed by atoms with Gasteiger partial charge in [-0.15, -0.1) is 0 Å². The number of halogens is 1. The zero-order valence-corrected chi connectivity index (χ0v) is 10.2. The van der Waals surface area contributed by atoms with Gasteiger partial charge in [0.2, 0.25) is 0 Å². The summed E-state index contributed by atoms with van der Waals surface area (Å²) in [6.45, 7) is 2.67. The number of aliphatic hydroxyl groups is 1. The van der Waals surface area contributed by atoms with E-state index in [1.54, 1.807) is 19.1 Å². The molecule has 1 N–H and O–H groups in total. The van der Waals surface area contributed by atoms with E-state index >= 15 is 0 Å². The molecule has 1 saturated heterocycles. The van der Waals surface area contributed by atoms with Crippen molar-refractivity contribution in [2.24, 2.45) is 0 Å². The van der Waals surface area contributed by atoms with Gasteiger partial charge in [-0.1, -0.05) is 6.07 Å². The summed E-state index contributed by atoms with van der Waals surface area (Å²) in [4.78, 5) is 13.8. The highest BCUT2D eigenvalue weighted by atomic mass is 19.1. The summed E-state index contributed by atoms with van der Waals surface area (Å²) in [5.41, 5.74) is 0.811. The topological polar surface area (TPSA) is 49.8 Å². The molecule has 0 radical (unpaired) electrons. The summed E-state index contributed by atoms with van der Waals surface area (Å²) in [5, 5.41) is 9.21. The molecule has 5 heteroatoms. The molecule has 1 aromatic rings. The smallest absolute Gasteiger partial charge is 0.254 e. The van der Waals surface area contributed by atoms with E-state index in [0.29, 0.717) is 30.9 Å². The first-order valence-electron chi connectivity index (χ1n) is 5.89. The number of benzene rings is 1. The van der Waals surface area contributed by atoms with Crippen LogP contribution in [0.15, 0.2) is 18.2 Å². The largest absolute Gasteiger partial charge is 0.394 e. The van der Waals surface area contributed by atoms with Gasteiger partial charge < -0.3 is 14.7 Å². The molecule has 0 bridgehead atoms. The van der Waals surface area contributed by atoms with E-state index in [1.807, 2.05) is 0 Å². The van der Waals surface area contributed by atoms with Crippen molar-refractivity contribution in [1.29, 1.82) is 0 Å². The molecule has 4 nitrogen and oxygen atoms in total. The number of rotatable bonds is 2. The molecule has 0 aromatic heterocycles. The van der Waals surface area contributed by atoms with Gasteiger partial charge in [-0.2, -0.15) is 0 Å². The fraction of sp³-hybridized carbons (Fsp3) is 0.462. The number of morpholine rings is 1. The van der Waals surface area contributed by atoms with Crippen molar-refractivity contribution in [3.05, 3.63) is 35.1 Å². The van der Waals surface area contributed by atoms with E-state index in [-0.39, 0.29) is 18.6 Å². The molecule has 1 amide bonds. The Balaban J connectivity index is 2.21. The lowest BCUT2D eigenvalue weighted by Gasteiger charge is -2.34. The lowest BCUT2D eigenvalue weighted by Crippen LogP contribution is -2.50. The van der Waals surface area contributed by atoms with Crippen LogP contribution in [0.4, 0.5) is 4.39 Å². The molecule has 1 aliphatic heterocycles. The maximum atomic E-state index is 13.4. The van der Waals surface area contributed by atoms with Crippen LogP contribution in [0.1, 0.15) is 15.9 Å². The second kappa shape index (κ2) is 5.46. The van der Waals surface area contributed by atoms with Crippen LogP contribution in [-0.4, -0.2) is 48.3 Å². The molecule has 1 unspecified atom stereocenters. The van der Waals surface area contributed by atoms with Gasteiger partial charge in [-0.3, -0.25) is 4.79 Å². The molecule has 1 aromatic carbocycles. The van der Waals surface area contributed by atoms with Crippen molar-refractivity contribution in [1.82, 2.24) is 4.90 Å². The van der Waals surface area contributed by atoms with Crippen molar-refractivity contribution >= 4 is 5.91 Å². The first-order valence-corrected chi connectivity index (χ1v) is 5.89. The molecule has 0 aliphatic carbocycles. The van der Waals surface area contributed by atoms with Crippen molar-refractivity contribution in [2.45, 2.75) is 13.0 Å². The molecule has 0 spiro atoms. The third kappa shape index (κ3) is 2.52. The van der Waals surface area contributed by atoms with Crippen LogP contribution < -0.4 is 0 Å². The number of ether oxygens (including phenoxy) is 1. The van der Waals surface area contributed by atoms with E-state index in [1.165, 1.54) is 11.0 Å². The highest BCUT2D eigenvalue weighted by Gasteiger charge is 2.27. The number of carbonyl (C=O) groups is 1. The quantitative estimate of drug-likeness (QED) is 0.854. The number of aliphatic hydroxyl groups excluding tert-OH is 1. The monoisotopic (exact) mass is 253 g/mol. The molecule has 1 atom stereocenters. The maximum absolute atomic E-state index is 13.4. The third-order valence-electron chi connectivity index (χ3n) is 3.12. The Kier molecular flexibility index (Phi) is 3.93. The summed E-state index contributed by atoms with van der Waals surface area (Å²) in [6.07, 6.45) is 0. The minimum absolute atomic E-state index is 0.153. The average molecular weight is 253 g/mol. The van der Waals surface area contributed by atoms with Crippen molar-refractivity contribution in [3.8, 4) is 0 Å². The predicted octanol–water partition coefficient (Wildman–Crippen LogP) is 0.967. The zero-order valence-electron chi connectivity index (χ0n) is 10.2. The SMILES string of the molecule is Cc1ccc(C(=O)N2CCOCC2CO)cc1F. The molecule has 1 heterocycles. The van der Waals surface area contributed by atoms with E-state index in [2.05, 4.69) is 0 Å². The second-order valence-electron chi connectivity index (χ2n) is 4.37. The molecule has 2 rings (SSSR count). The Morgan fingerprint density at radius 3 is 3.06 bits per heavy atom. The Morgan fingerprint density at radius 2 is 2.39 bits per heavy atom. The Morgan fingerprint density at radius 1 is 1.61 bits per heavy atom. The van der Waals surface area contributed by atoms with Crippen molar-refractivity contribution in [3.63, 3.8) is 0 Å². The molecule has 18 heavy (non-hydrogen) atoms. The summed E-state index contributed by atoms with van der Waals surface area (Å²) < 4.78 is 18.6. The summed E-state index contributed by atoms with van der Waals surface area (Å²) >= 11 is 0. The standard InChI is InChI=1S/C13H16FNO3/c1-9-2-3-10(6-12(9)14)13(17)15-4-5-18-8-11(15)7-16/h2-3,6,11,16H,4-5,7-8H2,1H3. The minimum atomic E-state index is -0.394. The lowest BCUT2D eigenvalue weighted by atomic mass is 10.1. The number of hydrogen-bond donors (Lipinski definition) is 1. The molecular weight excluding hydrogens is 237 g/mol. The van der Waals surface area contributed by atoms with E-state index in [9.17, 15) is 14.3 Å². The highest BCUT2D eigenvalue weighted by Crippen LogP contribution is 2.15. The Hall–Kier alpha value is -1.46. The van der Waals surface area contributed by atoms with Gasteiger partial charge in [-0.25, -0.2) is 4.39 Å². The molecular formula is C13H16FNO3. The number of carbonyl (C=O) groups excluding carboxylic acids is 1. The number of amides is 1. The van der Waals surface area contributed by atoms with E-state index in [0.717, 1.165) is 0 Å². The molecule has 1 aliphatic rings. The summed E-state index contributed by atoms with van der Waals surface area (Å²) in [6, 6.07) is 4.07. The van der Waals surface area contributed by atoms with Crippen LogP contribution in [0.5, 0.6) is 0 Å². The second-order valence-corrected chi connectivity index (χ2v) is 4.37. The number of aryl methyl sites for hydroxylation is 1. The first-order chi connectivity index (χ1) is 8.63. The van der Waals surface area contributed by atoms with Gasteiger partial charge in [0.05, 0.1) is 25.9 Å². The van der Waals surface area contributed by atoms with E-state index in [4.69, 9.17) is 4.74 Å². The van der Waals surface area contributed by atoms with Gasteiger partial charge in [-0.05, 0) is 24.6 Å². The third-order valence-corrected chi connectivity index (χ3v) is 3.12. The number of hydrogen-bond acceptors (Lipinski definition) is 3. The highest BCUT2D eigenvalue weighted by molar-refractivity contribution is 5.94. The fourth-order valence-corrected chi connectivity index (χ4v) is 1.97. The van der Waals surface area contributed by atoms with Gasteiger partial charge in [0, 0.05) is 12.1 Å². The van der Waals surface area contributed by atoms with Crippen molar-refractivity contribution < 1.29 is 19.0 Å². The molecule has 0 saturated carbocycles. The first kappa shape index (κ1) is 13.0. The summed E-state index contributed by atoms with van der Waals surface area (Å²) in [7, 11) is 0. The van der Waals surface area contributed by atoms with Crippen LogP contribution in [0.3, 0.4) is 0 Å². The number of nitrogens with zero attached hydrogens (tertiary/aromatic N) is 1. The molecule has 98 valence electrons. The van der Waals surface area contributed by atoms with Gasteiger partial charge in [0.1, 0.15) is 5.82 Å². The van der Waals surface area contributed by atoms with Gasteiger partial charge in [0.25, 0.3) is 5.91 Å².